The van der Waals surface area contributed by atoms with E-state index in [1.165, 1.54) is 23.9 Å². The van der Waals surface area contributed by atoms with Gasteiger partial charge in [0.05, 0.1) is 15.8 Å². The molecule has 0 bridgehead atoms. The predicted molar refractivity (Wildman–Crippen MR) is 147 cm³/mol. The Kier molecular flexibility index (Phi) is 10.7. The molecule has 0 radical (unpaired) electrons. The maximum Gasteiger partial charge on any atom is 0.243 e. The number of halogens is 3. The number of benzene rings is 3. The van der Waals surface area contributed by atoms with Crippen molar-refractivity contribution < 1.29 is 14.0 Å². The third-order valence-corrected chi connectivity index (χ3v) is 7.17. The Morgan fingerprint density at radius 3 is 2.22 bits per heavy atom. The minimum atomic E-state index is -0.724. The molecule has 3 rings (SSSR count). The molecule has 0 aliphatic carbocycles. The number of amides is 2. The van der Waals surface area contributed by atoms with Crippen LogP contribution in [0.15, 0.2) is 72.8 Å². The Labute approximate surface area is 226 Å². The minimum absolute atomic E-state index is 0.0809. The summed E-state index contributed by atoms with van der Waals surface area (Å²) in [5.74, 6) is -0.0220. The molecule has 2 amide bonds. The summed E-state index contributed by atoms with van der Waals surface area (Å²) in [6.07, 6.45) is 0.365. The van der Waals surface area contributed by atoms with Gasteiger partial charge in [0.2, 0.25) is 11.8 Å². The van der Waals surface area contributed by atoms with Crippen molar-refractivity contribution in [3.05, 3.63) is 105 Å². The van der Waals surface area contributed by atoms with Gasteiger partial charge in [-0.1, -0.05) is 71.7 Å². The molecule has 1 atom stereocenters. The van der Waals surface area contributed by atoms with Crippen molar-refractivity contribution in [2.24, 2.45) is 0 Å². The van der Waals surface area contributed by atoms with Crippen LogP contribution in [0.25, 0.3) is 0 Å². The van der Waals surface area contributed by atoms with Crippen LogP contribution < -0.4 is 5.32 Å². The van der Waals surface area contributed by atoms with Crippen LogP contribution in [0.3, 0.4) is 0 Å². The quantitative estimate of drug-likeness (QED) is 0.297. The number of nitrogens with zero attached hydrogens (tertiary/aromatic N) is 1. The van der Waals surface area contributed by atoms with Crippen LogP contribution in [-0.4, -0.2) is 34.6 Å². The van der Waals surface area contributed by atoms with Crippen LogP contribution in [0.4, 0.5) is 4.39 Å². The first-order chi connectivity index (χ1) is 17.2. The van der Waals surface area contributed by atoms with Gasteiger partial charge in [-0.05, 0) is 54.8 Å². The normalized spacial score (nSPS) is 11.8. The highest BCUT2D eigenvalue weighted by molar-refractivity contribution is 7.99. The summed E-state index contributed by atoms with van der Waals surface area (Å²) in [6.45, 7) is 3.96. The molecule has 0 fully saturated rings. The van der Waals surface area contributed by atoms with Crippen molar-refractivity contribution in [3.8, 4) is 0 Å². The first kappa shape index (κ1) is 28.0. The Hall–Kier alpha value is -2.54. The molecule has 0 heterocycles. The van der Waals surface area contributed by atoms with Crippen molar-refractivity contribution in [1.29, 1.82) is 0 Å². The molecule has 0 spiro atoms. The van der Waals surface area contributed by atoms with E-state index in [0.29, 0.717) is 22.2 Å². The molecule has 0 saturated carbocycles. The summed E-state index contributed by atoms with van der Waals surface area (Å²) in [4.78, 5) is 28.5. The van der Waals surface area contributed by atoms with E-state index in [1.807, 2.05) is 50.2 Å². The highest BCUT2D eigenvalue weighted by Gasteiger charge is 2.30. The second-order valence-corrected chi connectivity index (χ2v) is 10.6. The fourth-order valence-corrected chi connectivity index (χ4v) is 4.87. The third-order valence-electron chi connectivity index (χ3n) is 5.45. The average molecular weight is 548 g/mol. The van der Waals surface area contributed by atoms with Gasteiger partial charge in [0.1, 0.15) is 11.9 Å². The Morgan fingerprint density at radius 2 is 1.58 bits per heavy atom. The van der Waals surface area contributed by atoms with E-state index in [2.05, 4.69) is 5.32 Å². The van der Waals surface area contributed by atoms with E-state index in [1.54, 1.807) is 29.2 Å². The van der Waals surface area contributed by atoms with Gasteiger partial charge in [-0.15, -0.1) is 11.8 Å². The summed E-state index contributed by atoms with van der Waals surface area (Å²) in [6, 6.07) is 20.2. The first-order valence-electron chi connectivity index (χ1n) is 11.6. The second kappa shape index (κ2) is 13.7. The molecule has 0 aliphatic heterocycles. The zero-order valence-electron chi connectivity index (χ0n) is 20.2. The lowest BCUT2D eigenvalue weighted by Gasteiger charge is -2.32. The number of rotatable bonds is 11. The Morgan fingerprint density at radius 1 is 0.917 bits per heavy atom. The van der Waals surface area contributed by atoms with Crippen molar-refractivity contribution >= 4 is 46.8 Å². The summed E-state index contributed by atoms with van der Waals surface area (Å²) >= 11 is 13.5. The topological polar surface area (TPSA) is 49.4 Å². The van der Waals surface area contributed by atoms with Crippen molar-refractivity contribution in [1.82, 2.24) is 10.2 Å². The number of hydrogen-bond donors (Lipinski definition) is 1. The maximum absolute atomic E-state index is 13.6. The highest BCUT2D eigenvalue weighted by Crippen LogP contribution is 2.25. The lowest BCUT2D eigenvalue weighted by molar-refractivity contribution is -0.139. The summed E-state index contributed by atoms with van der Waals surface area (Å²) in [5.41, 5.74) is 2.64. The van der Waals surface area contributed by atoms with Gasteiger partial charge in [-0.25, -0.2) is 4.39 Å². The largest absolute Gasteiger partial charge is 0.352 e. The molecule has 1 N–H and O–H groups in total. The van der Waals surface area contributed by atoms with Crippen LogP contribution in [-0.2, 0) is 28.3 Å². The summed E-state index contributed by atoms with van der Waals surface area (Å²) in [7, 11) is 0. The molecule has 4 nitrogen and oxygen atoms in total. The molecule has 3 aromatic carbocycles. The highest BCUT2D eigenvalue weighted by atomic mass is 35.5. The molecule has 190 valence electrons. The number of carbonyl (C=O) groups is 2. The zero-order valence-corrected chi connectivity index (χ0v) is 22.5. The van der Waals surface area contributed by atoms with Gasteiger partial charge in [-0.3, -0.25) is 9.59 Å². The number of nitrogens with one attached hydrogen (secondary N) is 1. The smallest absolute Gasteiger partial charge is 0.243 e. The maximum atomic E-state index is 13.6. The molecule has 3 aromatic rings. The lowest BCUT2D eigenvalue weighted by atomic mass is 10.0. The fraction of sp³-hybridized carbons (Fsp3) is 0.286. The average Bonchev–Trinajstić information content (AvgIpc) is 2.84. The Bertz CT molecular complexity index is 1160. The SMILES string of the molecule is CC(C)NC(=O)[C@H](Cc1ccccc1)N(Cc1ccc(F)cc1)C(=O)CSCc1ccc(Cl)c(Cl)c1. The molecule has 8 heteroatoms. The summed E-state index contributed by atoms with van der Waals surface area (Å²) < 4.78 is 13.5. The molecule has 0 aliphatic rings. The minimum Gasteiger partial charge on any atom is -0.352 e. The fourth-order valence-electron chi connectivity index (χ4n) is 3.69. The van der Waals surface area contributed by atoms with Crippen molar-refractivity contribution in [3.63, 3.8) is 0 Å². The predicted octanol–water partition coefficient (Wildman–Crippen LogP) is 6.53. The van der Waals surface area contributed by atoms with Gasteiger partial charge in [-0.2, -0.15) is 0 Å². The second-order valence-electron chi connectivity index (χ2n) is 8.76. The first-order valence-corrected chi connectivity index (χ1v) is 13.5. The molecule has 0 unspecified atom stereocenters. The number of hydrogen-bond acceptors (Lipinski definition) is 3. The van der Waals surface area contributed by atoms with Crippen LogP contribution in [0, 0.1) is 5.82 Å². The standard InChI is InChI=1S/C28H29Cl2FN2O2S/c1-19(2)32-28(35)26(15-20-6-4-3-5-7-20)33(16-21-8-11-23(31)12-9-21)27(34)18-36-17-22-10-13-24(29)25(30)14-22/h3-14,19,26H,15-18H2,1-2H3,(H,32,35)/t26-/m0/s1. The molecule has 36 heavy (non-hydrogen) atoms. The van der Waals surface area contributed by atoms with Gasteiger partial charge >= 0.3 is 0 Å². The Balaban J connectivity index is 1.83. The van der Waals surface area contributed by atoms with Crippen LogP contribution in [0.1, 0.15) is 30.5 Å². The molecule has 0 saturated heterocycles. The number of carbonyl (C=O) groups excluding carboxylic acids is 2. The van der Waals surface area contributed by atoms with E-state index in [-0.39, 0.29) is 36.0 Å². The van der Waals surface area contributed by atoms with Crippen LogP contribution in [0.2, 0.25) is 10.0 Å². The number of thioether (sulfide) groups is 1. The monoisotopic (exact) mass is 546 g/mol. The van der Waals surface area contributed by atoms with Gasteiger partial charge in [0, 0.05) is 24.8 Å². The molecular formula is C28H29Cl2FN2O2S. The van der Waals surface area contributed by atoms with E-state index >= 15 is 0 Å². The van der Waals surface area contributed by atoms with Crippen LogP contribution >= 0.6 is 35.0 Å². The van der Waals surface area contributed by atoms with Gasteiger partial charge in [0.15, 0.2) is 0 Å². The van der Waals surface area contributed by atoms with Gasteiger partial charge in [0.25, 0.3) is 0 Å². The summed E-state index contributed by atoms with van der Waals surface area (Å²) in [5, 5.41) is 3.90. The van der Waals surface area contributed by atoms with Crippen LogP contribution in [0.5, 0.6) is 0 Å². The van der Waals surface area contributed by atoms with Crippen molar-refractivity contribution in [2.75, 3.05) is 5.75 Å². The van der Waals surface area contributed by atoms with E-state index < -0.39 is 6.04 Å². The van der Waals surface area contributed by atoms with Gasteiger partial charge < -0.3 is 10.2 Å². The van der Waals surface area contributed by atoms with E-state index in [9.17, 15) is 14.0 Å². The van der Waals surface area contributed by atoms with E-state index in [4.69, 9.17) is 23.2 Å². The molecular weight excluding hydrogens is 518 g/mol. The third kappa shape index (κ3) is 8.54. The van der Waals surface area contributed by atoms with E-state index in [0.717, 1.165) is 16.7 Å². The van der Waals surface area contributed by atoms with Crippen molar-refractivity contribution in [2.45, 2.75) is 44.6 Å². The lowest BCUT2D eigenvalue weighted by Crippen LogP contribution is -2.52. The zero-order chi connectivity index (χ0) is 26.1. The molecule has 0 aromatic heterocycles.